The Bertz CT molecular complexity index is 668. The van der Waals surface area contributed by atoms with Crippen LogP contribution in [0, 0.1) is 0 Å². The lowest BCUT2D eigenvalue weighted by molar-refractivity contribution is -0.154. The summed E-state index contributed by atoms with van der Waals surface area (Å²) in [7, 11) is 0. The molecule has 0 aromatic rings. The molecule has 0 rings (SSSR count). The highest BCUT2D eigenvalue weighted by atomic mass is 16.6. The molecule has 1 atom stereocenters. The molecule has 4 nitrogen and oxygen atoms in total. The standard InChI is InChI=1S/C41H76O4/c1-3-5-7-9-11-12-13-14-15-16-17-18-19-20-21-22-23-24-25-26-27-28-29-31-33-35-37-44-39-40(38-42)45-41(43)36-34-32-30-10-8-6-4-2/h13-14,16-17,19-20,40,42H,3-12,15,18,21-39H2,1-2H3/b14-13-,17-16-,20-19-. The predicted octanol–water partition coefficient (Wildman–Crippen LogP) is 12.5. The van der Waals surface area contributed by atoms with Crippen molar-refractivity contribution in [1.82, 2.24) is 0 Å². The lowest BCUT2D eigenvalue weighted by atomic mass is 10.1. The molecule has 0 bridgehead atoms. The molecule has 45 heavy (non-hydrogen) atoms. The summed E-state index contributed by atoms with van der Waals surface area (Å²) in [5.74, 6) is -0.209. The first kappa shape index (κ1) is 43.6. The first-order valence-electron chi connectivity index (χ1n) is 19.6. The third-order valence-corrected chi connectivity index (χ3v) is 8.47. The fraction of sp³-hybridized carbons (Fsp3) is 0.829. The van der Waals surface area contributed by atoms with E-state index in [0.717, 1.165) is 32.1 Å². The van der Waals surface area contributed by atoms with Gasteiger partial charge in [0.25, 0.3) is 0 Å². The average molecular weight is 633 g/mol. The molecule has 0 fully saturated rings. The van der Waals surface area contributed by atoms with Crippen molar-refractivity contribution in [3.63, 3.8) is 0 Å². The number of carbonyl (C=O) groups excluding carboxylic acids is 1. The molecule has 0 heterocycles. The molecule has 0 aliphatic heterocycles. The van der Waals surface area contributed by atoms with E-state index in [0.29, 0.717) is 19.6 Å². The minimum absolute atomic E-state index is 0.171. The minimum atomic E-state index is -0.530. The molecule has 0 saturated carbocycles. The number of rotatable bonds is 36. The molecular weight excluding hydrogens is 556 g/mol. The average Bonchev–Trinajstić information content (AvgIpc) is 3.05. The van der Waals surface area contributed by atoms with Gasteiger partial charge in [-0.3, -0.25) is 4.79 Å². The highest BCUT2D eigenvalue weighted by Crippen LogP contribution is 2.13. The molecule has 0 amide bonds. The maximum Gasteiger partial charge on any atom is 0.306 e. The van der Waals surface area contributed by atoms with Gasteiger partial charge in [-0.25, -0.2) is 0 Å². The Hall–Kier alpha value is -1.39. The van der Waals surface area contributed by atoms with Gasteiger partial charge in [0.05, 0.1) is 13.2 Å². The van der Waals surface area contributed by atoms with Gasteiger partial charge in [-0.1, -0.05) is 172 Å². The molecule has 0 radical (unpaired) electrons. The topological polar surface area (TPSA) is 55.8 Å². The summed E-state index contributed by atoms with van der Waals surface area (Å²) in [5, 5.41) is 9.50. The Labute approximate surface area is 280 Å². The number of esters is 1. The molecule has 0 spiro atoms. The molecule has 0 saturated heterocycles. The second-order valence-electron chi connectivity index (χ2n) is 13.0. The van der Waals surface area contributed by atoms with Gasteiger partial charge in [0, 0.05) is 13.0 Å². The summed E-state index contributed by atoms with van der Waals surface area (Å²) in [6.07, 6.45) is 47.8. The zero-order chi connectivity index (χ0) is 32.7. The Kier molecular flexibility index (Phi) is 37.6. The van der Waals surface area contributed by atoms with Crippen LogP contribution in [0.2, 0.25) is 0 Å². The van der Waals surface area contributed by atoms with Crippen molar-refractivity contribution in [2.75, 3.05) is 19.8 Å². The third kappa shape index (κ3) is 36.9. The molecule has 1 unspecified atom stereocenters. The fourth-order valence-electron chi connectivity index (χ4n) is 5.51. The first-order chi connectivity index (χ1) is 22.2. The Balaban J connectivity index is 3.38. The van der Waals surface area contributed by atoms with E-state index in [1.165, 1.54) is 141 Å². The maximum absolute atomic E-state index is 12.0. The van der Waals surface area contributed by atoms with Crippen molar-refractivity contribution in [3.8, 4) is 0 Å². The largest absolute Gasteiger partial charge is 0.457 e. The van der Waals surface area contributed by atoms with E-state index >= 15 is 0 Å². The second-order valence-corrected chi connectivity index (χ2v) is 13.0. The normalized spacial score (nSPS) is 12.7. The Morgan fingerprint density at radius 1 is 0.533 bits per heavy atom. The molecular formula is C41H76O4. The van der Waals surface area contributed by atoms with Crippen molar-refractivity contribution in [2.24, 2.45) is 0 Å². The van der Waals surface area contributed by atoms with Gasteiger partial charge in [-0.15, -0.1) is 0 Å². The van der Waals surface area contributed by atoms with Crippen molar-refractivity contribution in [3.05, 3.63) is 36.5 Å². The van der Waals surface area contributed by atoms with Gasteiger partial charge in [0.15, 0.2) is 0 Å². The Morgan fingerprint density at radius 3 is 1.40 bits per heavy atom. The van der Waals surface area contributed by atoms with E-state index in [1.807, 2.05) is 0 Å². The maximum atomic E-state index is 12.0. The smallest absolute Gasteiger partial charge is 0.306 e. The van der Waals surface area contributed by atoms with Crippen molar-refractivity contribution >= 4 is 5.97 Å². The minimum Gasteiger partial charge on any atom is -0.457 e. The summed E-state index contributed by atoms with van der Waals surface area (Å²) >= 11 is 0. The number of hydrogen-bond acceptors (Lipinski definition) is 4. The quantitative estimate of drug-likeness (QED) is 0.0424. The highest BCUT2D eigenvalue weighted by Gasteiger charge is 2.13. The van der Waals surface area contributed by atoms with E-state index in [1.54, 1.807) is 0 Å². The lowest BCUT2D eigenvalue weighted by Gasteiger charge is -2.15. The number of allylic oxidation sites excluding steroid dienone is 6. The van der Waals surface area contributed by atoms with Crippen molar-refractivity contribution in [2.45, 2.75) is 200 Å². The lowest BCUT2D eigenvalue weighted by Crippen LogP contribution is -2.27. The van der Waals surface area contributed by atoms with Crippen LogP contribution in [0.15, 0.2) is 36.5 Å². The monoisotopic (exact) mass is 633 g/mol. The van der Waals surface area contributed by atoms with E-state index in [4.69, 9.17) is 9.47 Å². The SMILES string of the molecule is CCCCCCC/C=C\C/C=C\C/C=C\CCCCCCCCCCCCCOCC(CO)OC(=O)CCCCCCCCC. The number of carbonyl (C=O) groups is 1. The zero-order valence-corrected chi connectivity index (χ0v) is 30.1. The van der Waals surface area contributed by atoms with E-state index < -0.39 is 6.10 Å². The van der Waals surface area contributed by atoms with Gasteiger partial charge in [0.2, 0.25) is 0 Å². The van der Waals surface area contributed by atoms with Crippen LogP contribution in [0.1, 0.15) is 194 Å². The first-order valence-corrected chi connectivity index (χ1v) is 19.6. The van der Waals surface area contributed by atoms with E-state index in [2.05, 4.69) is 50.3 Å². The van der Waals surface area contributed by atoms with Crippen molar-refractivity contribution < 1.29 is 19.4 Å². The van der Waals surface area contributed by atoms with E-state index in [9.17, 15) is 9.90 Å². The number of unbranched alkanes of at least 4 members (excludes halogenated alkanes) is 22. The van der Waals surface area contributed by atoms with Gasteiger partial charge < -0.3 is 14.6 Å². The van der Waals surface area contributed by atoms with Crippen LogP contribution in [-0.4, -0.2) is 37.0 Å². The molecule has 0 aromatic heterocycles. The van der Waals surface area contributed by atoms with E-state index in [-0.39, 0.29) is 12.6 Å². The van der Waals surface area contributed by atoms with Crippen LogP contribution in [0.4, 0.5) is 0 Å². The van der Waals surface area contributed by atoms with Crippen LogP contribution >= 0.6 is 0 Å². The summed E-state index contributed by atoms with van der Waals surface area (Å²) in [6, 6.07) is 0. The summed E-state index contributed by atoms with van der Waals surface area (Å²) in [4.78, 5) is 12.0. The van der Waals surface area contributed by atoms with Crippen LogP contribution in [0.25, 0.3) is 0 Å². The molecule has 0 aliphatic rings. The van der Waals surface area contributed by atoms with Crippen LogP contribution in [-0.2, 0) is 14.3 Å². The second kappa shape index (κ2) is 38.8. The zero-order valence-electron chi connectivity index (χ0n) is 30.1. The number of ether oxygens (including phenoxy) is 2. The fourth-order valence-corrected chi connectivity index (χ4v) is 5.51. The summed E-state index contributed by atoms with van der Waals surface area (Å²) in [5.41, 5.74) is 0. The molecule has 4 heteroatoms. The number of hydrogen-bond donors (Lipinski definition) is 1. The summed E-state index contributed by atoms with van der Waals surface area (Å²) in [6.45, 7) is 5.29. The van der Waals surface area contributed by atoms with Crippen LogP contribution in [0.3, 0.4) is 0 Å². The third-order valence-electron chi connectivity index (χ3n) is 8.47. The number of aliphatic hydroxyl groups excluding tert-OH is 1. The van der Waals surface area contributed by atoms with Gasteiger partial charge in [-0.2, -0.15) is 0 Å². The highest BCUT2D eigenvalue weighted by molar-refractivity contribution is 5.69. The number of aliphatic hydroxyl groups is 1. The molecule has 264 valence electrons. The van der Waals surface area contributed by atoms with Crippen LogP contribution < -0.4 is 0 Å². The van der Waals surface area contributed by atoms with Crippen molar-refractivity contribution in [1.29, 1.82) is 0 Å². The van der Waals surface area contributed by atoms with Gasteiger partial charge in [0.1, 0.15) is 6.10 Å². The van der Waals surface area contributed by atoms with Crippen LogP contribution in [0.5, 0.6) is 0 Å². The Morgan fingerprint density at radius 2 is 0.933 bits per heavy atom. The molecule has 0 aromatic carbocycles. The van der Waals surface area contributed by atoms with Gasteiger partial charge in [-0.05, 0) is 51.4 Å². The molecule has 0 aliphatic carbocycles. The summed E-state index contributed by atoms with van der Waals surface area (Å²) < 4.78 is 11.1. The predicted molar refractivity (Wildman–Crippen MR) is 196 cm³/mol. The molecule has 1 N–H and O–H groups in total. The van der Waals surface area contributed by atoms with Gasteiger partial charge >= 0.3 is 5.97 Å².